The summed E-state index contributed by atoms with van der Waals surface area (Å²) in [5, 5.41) is 3.99. The molecule has 18 heavy (non-hydrogen) atoms. The van der Waals surface area contributed by atoms with Crippen molar-refractivity contribution in [2.75, 3.05) is 6.54 Å². The average molecular weight is 246 g/mol. The molecule has 2 aromatic heterocycles. The summed E-state index contributed by atoms with van der Waals surface area (Å²) in [6.45, 7) is 4.80. The Kier molecular flexibility index (Phi) is 4.04. The second kappa shape index (κ2) is 5.73. The fraction of sp³-hybridized carbons (Fsp3) is 0.462. The number of nitrogens with zero attached hydrogens (tertiary/aromatic N) is 3. The summed E-state index contributed by atoms with van der Waals surface area (Å²) in [6.07, 6.45) is 5.24. The molecule has 0 amide bonds. The van der Waals surface area contributed by atoms with Gasteiger partial charge in [0.1, 0.15) is 0 Å². The number of hydrogen-bond donors (Lipinski definition) is 1. The molecule has 0 aliphatic carbocycles. The normalized spacial score (nSPS) is 12.6. The van der Waals surface area contributed by atoms with Crippen LogP contribution < -0.4 is 5.73 Å². The highest BCUT2D eigenvalue weighted by molar-refractivity contribution is 5.57. The summed E-state index contributed by atoms with van der Waals surface area (Å²) in [4.78, 5) is 8.47. The number of pyridine rings is 1. The zero-order valence-corrected chi connectivity index (χ0v) is 10.8. The third kappa shape index (κ3) is 2.92. The highest BCUT2D eigenvalue weighted by Crippen LogP contribution is 2.19. The van der Waals surface area contributed by atoms with E-state index in [0.29, 0.717) is 24.2 Å². The Hall–Kier alpha value is -1.75. The standard InChI is InChI=1S/C13H18N4O/c1-9(7-14)3-4-12-16-13(17-18-12)11-8-15-6-5-10(11)2/h5-6,8-9H,3-4,7,14H2,1-2H3. The minimum atomic E-state index is 0.473. The first kappa shape index (κ1) is 12.7. The van der Waals surface area contributed by atoms with Gasteiger partial charge < -0.3 is 10.3 Å². The van der Waals surface area contributed by atoms with Crippen molar-refractivity contribution in [2.24, 2.45) is 11.7 Å². The molecule has 96 valence electrons. The Morgan fingerprint density at radius 1 is 1.44 bits per heavy atom. The average Bonchev–Trinajstić information content (AvgIpc) is 2.85. The number of aryl methyl sites for hydroxylation is 2. The summed E-state index contributed by atoms with van der Waals surface area (Å²) >= 11 is 0. The van der Waals surface area contributed by atoms with Crippen molar-refractivity contribution < 1.29 is 4.52 Å². The summed E-state index contributed by atoms with van der Waals surface area (Å²) in [7, 11) is 0. The van der Waals surface area contributed by atoms with Gasteiger partial charge >= 0.3 is 0 Å². The van der Waals surface area contributed by atoms with Gasteiger partial charge in [0.25, 0.3) is 0 Å². The lowest BCUT2D eigenvalue weighted by molar-refractivity contribution is 0.366. The van der Waals surface area contributed by atoms with E-state index in [4.69, 9.17) is 10.3 Å². The first-order valence-corrected chi connectivity index (χ1v) is 6.14. The summed E-state index contributed by atoms with van der Waals surface area (Å²) in [5.41, 5.74) is 7.58. The molecule has 0 spiro atoms. The van der Waals surface area contributed by atoms with Gasteiger partial charge in [-0.2, -0.15) is 4.98 Å². The molecule has 0 aliphatic rings. The first-order valence-electron chi connectivity index (χ1n) is 6.14. The molecule has 5 heteroatoms. The van der Waals surface area contributed by atoms with Crippen molar-refractivity contribution in [3.8, 4) is 11.4 Å². The van der Waals surface area contributed by atoms with Crippen molar-refractivity contribution in [3.05, 3.63) is 29.9 Å². The van der Waals surface area contributed by atoms with E-state index in [9.17, 15) is 0 Å². The molecule has 2 aromatic rings. The van der Waals surface area contributed by atoms with Crippen molar-refractivity contribution in [2.45, 2.75) is 26.7 Å². The van der Waals surface area contributed by atoms with Gasteiger partial charge in [-0.1, -0.05) is 12.1 Å². The maximum Gasteiger partial charge on any atom is 0.226 e. The van der Waals surface area contributed by atoms with Gasteiger partial charge in [-0.15, -0.1) is 0 Å². The monoisotopic (exact) mass is 246 g/mol. The van der Waals surface area contributed by atoms with Crippen LogP contribution in [0.4, 0.5) is 0 Å². The number of rotatable bonds is 5. The molecule has 2 heterocycles. The number of hydrogen-bond acceptors (Lipinski definition) is 5. The van der Waals surface area contributed by atoms with Crippen molar-refractivity contribution in [1.82, 2.24) is 15.1 Å². The molecule has 0 fully saturated rings. The highest BCUT2D eigenvalue weighted by atomic mass is 16.5. The molecule has 0 bridgehead atoms. The maximum absolute atomic E-state index is 5.58. The molecule has 1 unspecified atom stereocenters. The minimum absolute atomic E-state index is 0.473. The summed E-state index contributed by atoms with van der Waals surface area (Å²) in [6, 6.07) is 1.93. The molecule has 2 rings (SSSR count). The van der Waals surface area contributed by atoms with Crippen LogP contribution in [0.5, 0.6) is 0 Å². The Morgan fingerprint density at radius 3 is 3.00 bits per heavy atom. The smallest absolute Gasteiger partial charge is 0.226 e. The van der Waals surface area contributed by atoms with Crippen LogP contribution in [0.3, 0.4) is 0 Å². The number of nitrogens with two attached hydrogens (primary N) is 1. The molecule has 0 saturated heterocycles. The van der Waals surface area contributed by atoms with E-state index in [2.05, 4.69) is 22.0 Å². The van der Waals surface area contributed by atoms with Gasteiger partial charge in [-0.3, -0.25) is 4.98 Å². The highest BCUT2D eigenvalue weighted by Gasteiger charge is 2.11. The second-order valence-electron chi connectivity index (χ2n) is 4.58. The van der Waals surface area contributed by atoms with E-state index in [1.165, 1.54) is 0 Å². The molecule has 0 radical (unpaired) electrons. The van der Waals surface area contributed by atoms with E-state index >= 15 is 0 Å². The van der Waals surface area contributed by atoms with Crippen LogP contribution in [0.15, 0.2) is 23.0 Å². The number of aromatic nitrogens is 3. The maximum atomic E-state index is 5.58. The van der Waals surface area contributed by atoms with Crippen LogP contribution in [0.2, 0.25) is 0 Å². The third-order valence-electron chi connectivity index (χ3n) is 3.00. The van der Waals surface area contributed by atoms with E-state index < -0.39 is 0 Å². The van der Waals surface area contributed by atoms with E-state index in [1.54, 1.807) is 12.4 Å². The SMILES string of the molecule is Cc1ccncc1-c1noc(CCC(C)CN)n1. The van der Waals surface area contributed by atoms with Crippen molar-refractivity contribution in [1.29, 1.82) is 0 Å². The quantitative estimate of drug-likeness (QED) is 0.872. The van der Waals surface area contributed by atoms with Crippen LogP contribution in [0.1, 0.15) is 24.8 Å². The second-order valence-corrected chi connectivity index (χ2v) is 4.58. The molecule has 0 aliphatic heterocycles. The van der Waals surface area contributed by atoms with Crippen LogP contribution in [-0.2, 0) is 6.42 Å². The van der Waals surface area contributed by atoms with Gasteiger partial charge in [-0.05, 0) is 37.4 Å². The molecular formula is C13H18N4O. The van der Waals surface area contributed by atoms with Gasteiger partial charge in [-0.25, -0.2) is 0 Å². The van der Waals surface area contributed by atoms with E-state index in [0.717, 1.165) is 24.0 Å². The van der Waals surface area contributed by atoms with Gasteiger partial charge in [0.15, 0.2) is 0 Å². The predicted octanol–water partition coefficient (Wildman–Crippen LogP) is 1.97. The first-order chi connectivity index (χ1) is 8.70. The fourth-order valence-electron chi connectivity index (χ4n) is 1.65. The molecule has 2 N–H and O–H groups in total. The Morgan fingerprint density at radius 2 is 2.28 bits per heavy atom. The molecule has 0 saturated carbocycles. The topological polar surface area (TPSA) is 77.8 Å². The van der Waals surface area contributed by atoms with Crippen LogP contribution in [-0.4, -0.2) is 21.7 Å². The molecule has 5 nitrogen and oxygen atoms in total. The largest absolute Gasteiger partial charge is 0.339 e. The minimum Gasteiger partial charge on any atom is -0.339 e. The fourth-order valence-corrected chi connectivity index (χ4v) is 1.65. The summed E-state index contributed by atoms with van der Waals surface area (Å²) in [5.74, 6) is 1.74. The molecule has 0 aromatic carbocycles. The van der Waals surface area contributed by atoms with Gasteiger partial charge in [0.2, 0.25) is 11.7 Å². The lowest BCUT2D eigenvalue weighted by Gasteiger charge is -2.04. The lowest BCUT2D eigenvalue weighted by atomic mass is 10.1. The van der Waals surface area contributed by atoms with Crippen LogP contribution >= 0.6 is 0 Å². The lowest BCUT2D eigenvalue weighted by Crippen LogP contribution is -2.11. The van der Waals surface area contributed by atoms with Crippen LogP contribution in [0.25, 0.3) is 11.4 Å². The Bertz CT molecular complexity index is 509. The van der Waals surface area contributed by atoms with Crippen LogP contribution in [0, 0.1) is 12.8 Å². The molecular weight excluding hydrogens is 228 g/mol. The third-order valence-corrected chi connectivity index (χ3v) is 3.00. The van der Waals surface area contributed by atoms with Crippen molar-refractivity contribution >= 4 is 0 Å². The van der Waals surface area contributed by atoms with Gasteiger partial charge in [0.05, 0.1) is 0 Å². The Labute approximate surface area is 106 Å². The van der Waals surface area contributed by atoms with Gasteiger partial charge in [0, 0.05) is 24.4 Å². The summed E-state index contributed by atoms with van der Waals surface area (Å²) < 4.78 is 5.24. The zero-order chi connectivity index (χ0) is 13.0. The zero-order valence-electron chi connectivity index (χ0n) is 10.8. The van der Waals surface area contributed by atoms with E-state index in [-0.39, 0.29) is 0 Å². The predicted molar refractivity (Wildman–Crippen MR) is 68.8 cm³/mol. The van der Waals surface area contributed by atoms with E-state index in [1.807, 2.05) is 13.0 Å². The van der Waals surface area contributed by atoms with Crippen molar-refractivity contribution in [3.63, 3.8) is 0 Å². The Balaban J connectivity index is 2.09. The molecule has 1 atom stereocenters.